The predicted octanol–water partition coefficient (Wildman–Crippen LogP) is 3.78. The lowest BCUT2D eigenvalue weighted by Crippen LogP contribution is -2.40. The number of nitrogens with two attached hydrogens (primary N) is 1. The van der Waals surface area contributed by atoms with Gasteiger partial charge in [0.2, 0.25) is 0 Å². The highest BCUT2D eigenvalue weighted by atomic mass is 16.5. The molecule has 0 bridgehead atoms. The van der Waals surface area contributed by atoms with Crippen molar-refractivity contribution in [2.45, 2.75) is 26.2 Å². The van der Waals surface area contributed by atoms with E-state index in [1.54, 1.807) is 30.3 Å². The summed E-state index contributed by atoms with van der Waals surface area (Å²) in [4.78, 5) is 27.5. The summed E-state index contributed by atoms with van der Waals surface area (Å²) in [7, 11) is 2.46. The average Bonchev–Trinajstić information content (AvgIpc) is 2.82. The maximum Gasteiger partial charge on any atom is 0.355 e. The number of ether oxygens (including phenoxy) is 2. The Hall–Kier alpha value is -4.05. The van der Waals surface area contributed by atoms with Gasteiger partial charge in [0.1, 0.15) is 11.5 Å². The molecule has 0 aliphatic carbocycles. The van der Waals surface area contributed by atoms with Crippen LogP contribution in [-0.2, 0) is 25.5 Å². The second-order valence-corrected chi connectivity index (χ2v) is 8.10. The number of allylic oxidation sites excluding steroid dienone is 1. The molecule has 0 amide bonds. The van der Waals surface area contributed by atoms with Crippen molar-refractivity contribution in [2.75, 3.05) is 19.1 Å². The van der Waals surface area contributed by atoms with E-state index in [1.165, 1.54) is 19.1 Å². The molecule has 0 spiro atoms. The molecule has 1 aliphatic heterocycles. The van der Waals surface area contributed by atoms with Gasteiger partial charge in [-0.05, 0) is 35.6 Å². The van der Waals surface area contributed by atoms with Crippen molar-refractivity contribution in [1.82, 2.24) is 0 Å². The first kappa shape index (κ1) is 23.6. The summed E-state index contributed by atoms with van der Waals surface area (Å²) in [5.74, 6) is -1.92. The molecule has 0 aromatic heterocycles. The van der Waals surface area contributed by atoms with Crippen LogP contribution in [0.15, 0.2) is 77.3 Å². The molecule has 0 saturated carbocycles. The number of nitriles is 1. The molecule has 1 heterocycles. The normalized spacial score (nSPS) is 16.0. The van der Waals surface area contributed by atoms with Gasteiger partial charge in [-0.2, -0.15) is 5.26 Å². The number of carbonyl (C=O) groups excluding carboxylic acids is 2. The summed E-state index contributed by atoms with van der Waals surface area (Å²) in [6.07, 6.45) is 0.810. The van der Waals surface area contributed by atoms with Crippen LogP contribution in [0.2, 0.25) is 0 Å². The number of esters is 2. The molecule has 7 heteroatoms. The SMILES string of the molecule is COC(=O)C1=C(C(=O)OC)N(c2cccc(CC(C)C)c2)C(N)=C(C#N)C1c1ccccc1. The van der Waals surface area contributed by atoms with Gasteiger partial charge in [0, 0.05) is 5.69 Å². The molecule has 170 valence electrons. The Balaban J connectivity index is 2.35. The van der Waals surface area contributed by atoms with Crippen LogP contribution in [0.4, 0.5) is 5.69 Å². The van der Waals surface area contributed by atoms with E-state index in [-0.39, 0.29) is 22.7 Å². The van der Waals surface area contributed by atoms with Crippen molar-refractivity contribution in [3.63, 3.8) is 0 Å². The van der Waals surface area contributed by atoms with E-state index in [1.807, 2.05) is 24.3 Å². The lowest BCUT2D eigenvalue weighted by molar-refractivity contribution is -0.139. The first-order valence-corrected chi connectivity index (χ1v) is 10.6. The van der Waals surface area contributed by atoms with E-state index in [4.69, 9.17) is 15.2 Å². The fraction of sp³-hybridized carbons (Fsp3) is 0.269. The predicted molar refractivity (Wildman–Crippen MR) is 125 cm³/mol. The largest absolute Gasteiger partial charge is 0.466 e. The highest BCUT2D eigenvalue weighted by Crippen LogP contribution is 2.43. The van der Waals surface area contributed by atoms with E-state index >= 15 is 0 Å². The Labute approximate surface area is 193 Å². The van der Waals surface area contributed by atoms with E-state index < -0.39 is 17.9 Å². The number of benzene rings is 2. The van der Waals surface area contributed by atoms with Crippen LogP contribution in [-0.4, -0.2) is 26.2 Å². The number of methoxy groups -OCH3 is 2. The average molecular weight is 446 g/mol. The third-order valence-electron chi connectivity index (χ3n) is 5.42. The number of nitrogens with zero attached hydrogens (tertiary/aromatic N) is 2. The summed E-state index contributed by atoms with van der Waals surface area (Å²) in [5.41, 5.74) is 8.80. The van der Waals surface area contributed by atoms with Crippen LogP contribution in [0.25, 0.3) is 0 Å². The van der Waals surface area contributed by atoms with Gasteiger partial charge in [-0.15, -0.1) is 0 Å². The van der Waals surface area contributed by atoms with Crippen molar-refractivity contribution in [3.8, 4) is 6.07 Å². The van der Waals surface area contributed by atoms with Crippen molar-refractivity contribution >= 4 is 17.6 Å². The molecule has 3 rings (SSSR count). The maximum absolute atomic E-state index is 13.1. The smallest absolute Gasteiger partial charge is 0.355 e. The molecule has 0 saturated heterocycles. The zero-order valence-corrected chi connectivity index (χ0v) is 19.2. The van der Waals surface area contributed by atoms with Gasteiger partial charge in [0.25, 0.3) is 0 Å². The second kappa shape index (κ2) is 10.0. The van der Waals surface area contributed by atoms with Gasteiger partial charge < -0.3 is 15.2 Å². The highest BCUT2D eigenvalue weighted by molar-refractivity contribution is 6.06. The summed E-state index contributed by atoms with van der Waals surface area (Å²) in [6, 6.07) is 18.6. The fourth-order valence-corrected chi connectivity index (χ4v) is 4.08. The topological polar surface area (TPSA) is 106 Å². The number of hydrogen-bond donors (Lipinski definition) is 1. The Morgan fingerprint density at radius 3 is 2.30 bits per heavy atom. The van der Waals surface area contributed by atoms with Crippen molar-refractivity contribution in [1.29, 1.82) is 5.26 Å². The molecule has 1 aliphatic rings. The number of hydrogen-bond acceptors (Lipinski definition) is 7. The minimum Gasteiger partial charge on any atom is -0.466 e. The summed E-state index contributed by atoms with van der Waals surface area (Å²) < 4.78 is 10.1. The zero-order chi connectivity index (χ0) is 24.1. The van der Waals surface area contributed by atoms with Crippen LogP contribution in [0.1, 0.15) is 30.9 Å². The Kier molecular flexibility index (Phi) is 7.19. The first-order valence-electron chi connectivity index (χ1n) is 10.6. The second-order valence-electron chi connectivity index (χ2n) is 8.10. The van der Waals surface area contributed by atoms with Crippen LogP contribution < -0.4 is 10.6 Å². The van der Waals surface area contributed by atoms with Crippen LogP contribution in [0.5, 0.6) is 0 Å². The summed E-state index contributed by atoms with van der Waals surface area (Å²) in [6.45, 7) is 4.21. The molecule has 2 N–H and O–H groups in total. The molecular formula is C26H27N3O4. The third-order valence-corrected chi connectivity index (χ3v) is 5.42. The lowest BCUT2D eigenvalue weighted by Gasteiger charge is -2.36. The van der Waals surface area contributed by atoms with Gasteiger partial charge in [-0.1, -0.05) is 56.3 Å². The van der Waals surface area contributed by atoms with Crippen molar-refractivity contribution in [2.24, 2.45) is 11.7 Å². The van der Waals surface area contributed by atoms with Crippen LogP contribution in [0, 0.1) is 17.2 Å². The van der Waals surface area contributed by atoms with Crippen molar-refractivity contribution in [3.05, 3.63) is 88.4 Å². The van der Waals surface area contributed by atoms with Gasteiger partial charge >= 0.3 is 11.9 Å². The molecule has 2 aromatic rings. The number of rotatable bonds is 6. The van der Waals surface area contributed by atoms with E-state index in [9.17, 15) is 14.9 Å². The van der Waals surface area contributed by atoms with E-state index in [0.29, 0.717) is 17.2 Å². The Morgan fingerprint density at radius 1 is 1.06 bits per heavy atom. The molecule has 7 nitrogen and oxygen atoms in total. The monoisotopic (exact) mass is 445 g/mol. The summed E-state index contributed by atoms with van der Waals surface area (Å²) in [5, 5.41) is 10.1. The molecule has 33 heavy (non-hydrogen) atoms. The number of anilines is 1. The van der Waals surface area contributed by atoms with E-state index in [2.05, 4.69) is 19.9 Å². The molecule has 2 aromatic carbocycles. The molecule has 1 atom stereocenters. The molecule has 1 unspecified atom stereocenters. The van der Waals surface area contributed by atoms with Gasteiger partial charge in [0.05, 0.1) is 37.4 Å². The van der Waals surface area contributed by atoms with Gasteiger partial charge in [0.15, 0.2) is 0 Å². The minimum absolute atomic E-state index is 0.00411. The maximum atomic E-state index is 13.1. The van der Waals surface area contributed by atoms with Crippen LogP contribution >= 0.6 is 0 Å². The third kappa shape index (κ3) is 4.60. The zero-order valence-electron chi connectivity index (χ0n) is 19.2. The summed E-state index contributed by atoms with van der Waals surface area (Å²) >= 11 is 0. The minimum atomic E-state index is -0.882. The first-order chi connectivity index (χ1) is 15.8. The molecule has 0 fully saturated rings. The van der Waals surface area contributed by atoms with Gasteiger partial charge in [-0.3, -0.25) is 4.90 Å². The van der Waals surface area contributed by atoms with Gasteiger partial charge in [-0.25, -0.2) is 9.59 Å². The highest BCUT2D eigenvalue weighted by Gasteiger charge is 2.42. The lowest BCUT2D eigenvalue weighted by atomic mass is 9.81. The fourth-order valence-electron chi connectivity index (χ4n) is 4.08. The Morgan fingerprint density at radius 2 is 1.73 bits per heavy atom. The standard InChI is InChI=1S/C26H27N3O4/c1-16(2)13-17-9-8-12-19(14-17)29-23(26(31)33-4)22(25(30)32-3)21(20(15-27)24(29)28)18-10-6-5-7-11-18/h5-12,14,16,21H,13,28H2,1-4H3. The van der Waals surface area contributed by atoms with Crippen molar-refractivity contribution < 1.29 is 19.1 Å². The molecular weight excluding hydrogens is 418 g/mol. The quantitative estimate of drug-likeness (QED) is 0.675. The van der Waals surface area contributed by atoms with Crippen LogP contribution in [0.3, 0.4) is 0 Å². The number of carbonyl (C=O) groups is 2. The molecule has 0 radical (unpaired) electrons. The Bertz CT molecular complexity index is 1160. The van der Waals surface area contributed by atoms with E-state index in [0.717, 1.165) is 12.0 Å².